The molecule has 0 bridgehead atoms. The molecule has 0 radical (unpaired) electrons. The molecule has 16 heavy (non-hydrogen) atoms. The molecule has 0 aliphatic rings. The first kappa shape index (κ1) is 13.6. The number of hydrogen-bond acceptors (Lipinski definition) is 3. The highest BCUT2D eigenvalue weighted by Gasteiger charge is 2.20. The number of halogens is 2. The lowest BCUT2D eigenvalue weighted by atomic mass is 10.3. The third kappa shape index (κ3) is 3.24. The second-order valence-electron chi connectivity index (χ2n) is 3.33. The van der Waals surface area contributed by atoms with Crippen LogP contribution >= 0.6 is 15.9 Å². The van der Waals surface area contributed by atoms with Crippen LogP contribution in [0.3, 0.4) is 0 Å². The van der Waals surface area contributed by atoms with Gasteiger partial charge in [0.25, 0.3) is 0 Å². The van der Waals surface area contributed by atoms with Crippen LogP contribution < -0.4 is 10.5 Å². The molecule has 0 unspecified atom stereocenters. The van der Waals surface area contributed by atoms with Crippen LogP contribution in [0.5, 0.6) is 0 Å². The first-order valence-corrected chi connectivity index (χ1v) is 6.82. The van der Waals surface area contributed by atoms with Gasteiger partial charge in [0.2, 0.25) is 10.0 Å². The van der Waals surface area contributed by atoms with E-state index >= 15 is 0 Å². The van der Waals surface area contributed by atoms with Gasteiger partial charge in [-0.2, -0.15) is 0 Å². The quantitative estimate of drug-likeness (QED) is 0.878. The Labute approximate surface area is 102 Å². The molecule has 0 aliphatic heterocycles. The van der Waals surface area contributed by atoms with Crippen molar-refractivity contribution in [3.05, 3.63) is 28.5 Å². The molecule has 0 amide bonds. The highest BCUT2D eigenvalue weighted by molar-refractivity contribution is 9.10. The van der Waals surface area contributed by atoms with Gasteiger partial charge in [0.15, 0.2) is 0 Å². The summed E-state index contributed by atoms with van der Waals surface area (Å²) in [5, 5.41) is 0. The predicted octanol–water partition coefficient (Wildman–Crippen LogP) is 1.21. The molecule has 7 heteroatoms. The zero-order valence-corrected chi connectivity index (χ0v) is 11.0. The minimum atomic E-state index is -3.84. The third-order valence-corrected chi connectivity index (χ3v) is 4.01. The highest BCUT2D eigenvalue weighted by atomic mass is 79.9. The van der Waals surface area contributed by atoms with E-state index in [9.17, 15) is 12.8 Å². The van der Waals surface area contributed by atoms with Gasteiger partial charge >= 0.3 is 0 Å². The molecule has 90 valence electrons. The molecule has 1 atom stereocenters. The fraction of sp³-hybridized carbons (Fsp3) is 0.333. The van der Waals surface area contributed by atoms with Gasteiger partial charge in [-0.3, -0.25) is 0 Å². The van der Waals surface area contributed by atoms with Crippen LogP contribution in [-0.4, -0.2) is 21.0 Å². The third-order valence-electron chi connectivity index (χ3n) is 1.89. The Morgan fingerprint density at radius 2 is 2.19 bits per heavy atom. The number of sulfonamides is 1. The zero-order chi connectivity index (χ0) is 12.3. The summed E-state index contributed by atoms with van der Waals surface area (Å²) in [6, 6.07) is 3.32. The first-order valence-electron chi connectivity index (χ1n) is 4.54. The number of hydrogen-bond donors (Lipinski definition) is 2. The molecule has 0 saturated carbocycles. The van der Waals surface area contributed by atoms with E-state index in [4.69, 9.17) is 5.73 Å². The van der Waals surface area contributed by atoms with Crippen molar-refractivity contribution in [1.29, 1.82) is 0 Å². The van der Waals surface area contributed by atoms with E-state index in [1.807, 2.05) is 0 Å². The summed E-state index contributed by atoms with van der Waals surface area (Å²) in [6.07, 6.45) is 0. The fourth-order valence-corrected chi connectivity index (χ4v) is 2.72. The standard InChI is InChI=1S/C9H12BrFN2O2S/c1-6(5-12)13-16(14,15)9-3-2-7(10)4-8(9)11/h2-4,6,13H,5,12H2,1H3/t6-/m1/s1. The maximum absolute atomic E-state index is 13.4. The monoisotopic (exact) mass is 310 g/mol. The molecule has 1 rings (SSSR count). The van der Waals surface area contributed by atoms with Gasteiger partial charge in [0.05, 0.1) is 0 Å². The SMILES string of the molecule is C[C@H](CN)NS(=O)(=O)c1ccc(Br)cc1F. The molecule has 4 nitrogen and oxygen atoms in total. The number of benzene rings is 1. The average Bonchev–Trinajstić information content (AvgIpc) is 2.16. The van der Waals surface area contributed by atoms with Gasteiger partial charge in [0, 0.05) is 17.1 Å². The Morgan fingerprint density at radius 1 is 1.56 bits per heavy atom. The summed E-state index contributed by atoms with van der Waals surface area (Å²) in [4.78, 5) is -0.379. The van der Waals surface area contributed by atoms with Crippen LogP contribution in [0.25, 0.3) is 0 Å². The zero-order valence-electron chi connectivity index (χ0n) is 8.57. The molecule has 1 aromatic carbocycles. The smallest absolute Gasteiger partial charge is 0.243 e. The first-order chi connectivity index (χ1) is 7.36. The molecular formula is C9H12BrFN2O2S. The largest absolute Gasteiger partial charge is 0.329 e. The predicted molar refractivity (Wildman–Crippen MR) is 62.9 cm³/mol. The Balaban J connectivity index is 3.08. The van der Waals surface area contributed by atoms with E-state index in [0.717, 1.165) is 6.07 Å². The molecule has 0 heterocycles. The van der Waals surface area contributed by atoms with Gasteiger partial charge in [0.1, 0.15) is 10.7 Å². The van der Waals surface area contributed by atoms with Crippen LogP contribution in [0.4, 0.5) is 4.39 Å². The number of nitrogens with one attached hydrogen (secondary N) is 1. The van der Waals surface area contributed by atoms with E-state index in [0.29, 0.717) is 4.47 Å². The van der Waals surface area contributed by atoms with E-state index in [1.165, 1.54) is 12.1 Å². The van der Waals surface area contributed by atoms with Gasteiger partial charge in [-0.05, 0) is 25.1 Å². The van der Waals surface area contributed by atoms with E-state index < -0.39 is 21.9 Å². The van der Waals surface area contributed by atoms with Crippen molar-refractivity contribution in [2.75, 3.05) is 6.54 Å². The normalized spacial score (nSPS) is 13.8. The molecule has 0 fully saturated rings. The van der Waals surface area contributed by atoms with Crippen LogP contribution in [0.1, 0.15) is 6.92 Å². The summed E-state index contributed by atoms with van der Waals surface area (Å²) in [5.74, 6) is -0.800. The minimum absolute atomic E-state index is 0.150. The van der Waals surface area contributed by atoms with Crippen molar-refractivity contribution >= 4 is 26.0 Å². The van der Waals surface area contributed by atoms with Crippen molar-refractivity contribution in [3.8, 4) is 0 Å². The summed E-state index contributed by atoms with van der Waals surface area (Å²) < 4.78 is 39.6. The Morgan fingerprint density at radius 3 is 2.69 bits per heavy atom. The van der Waals surface area contributed by atoms with E-state index in [-0.39, 0.29) is 11.4 Å². The summed E-state index contributed by atoms with van der Waals surface area (Å²) >= 11 is 3.05. The fourth-order valence-electron chi connectivity index (χ4n) is 1.07. The van der Waals surface area contributed by atoms with Crippen molar-refractivity contribution in [2.45, 2.75) is 17.9 Å². The molecule has 0 aliphatic carbocycles. The minimum Gasteiger partial charge on any atom is -0.329 e. The maximum atomic E-state index is 13.4. The molecular weight excluding hydrogens is 299 g/mol. The van der Waals surface area contributed by atoms with Crippen molar-refractivity contribution in [1.82, 2.24) is 4.72 Å². The number of nitrogens with two attached hydrogens (primary N) is 1. The van der Waals surface area contributed by atoms with E-state index in [1.54, 1.807) is 6.92 Å². The Bertz CT molecular complexity index is 478. The lowest BCUT2D eigenvalue weighted by Gasteiger charge is -2.12. The topological polar surface area (TPSA) is 72.2 Å². The molecule has 1 aromatic rings. The van der Waals surface area contributed by atoms with Crippen LogP contribution in [0.15, 0.2) is 27.6 Å². The van der Waals surface area contributed by atoms with Crippen molar-refractivity contribution < 1.29 is 12.8 Å². The lowest BCUT2D eigenvalue weighted by molar-refractivity contribution is 0.544. The van der Waals surface area contributed by atoms with Gasteiger partial charge in [-0.15, -0.1) is 0 Å². The van der Waals surface area contributed by atoms with Gasteiger partial charge in [-0.1, -0.05) is 15.9 Å². The second-order valence-corrected chi connectivity index (χ2v) is 5.93. The Kier molecular flexibility index (Phi) is 4.43. The average molecular weight is 311 g/mol. The van der Waals surface area contributed by atoms with Gasteiger partial charge < -0.3 is 5.73 Å². The summed E-state index contributed by atoms with van der Waals surface area (Å²) in [5.41, 5.74) is 5.29. The summed E-state index contributed by atoms with van der Waals surface area (Å²) in [6.45, 7) is 1.76. The van der Waals surface area contributed by atoms with Crippen molar-refractivity contribution in [3.63, 3.8) is 0 Å². The maximum Gasteiger partial charge on any atom is 0.243 e. The van der Waals surface area contributed by atoms with Crippen LogP contribution in [0, 0.1) is 5.82 Å². The molecule has 3 N–H and O–H groups in total. The van der Waals surface area contributed by atoms with Gasteiger partial charge in [-0.25, -0.2) is 17.5 Å². The molecule has 0 aromatic heterocycles. The van der Waals surface area contributed by atoms with Crippen LogP contribution in [-0.2, 0) is 10.0 Å². The molecule has 0 saturated heterocycles. The van der Waals surface area contributed by atoms with Crippen LogP contribution in [0.2, 0.25) is 0 Å². The highest BCUT2D eigenvalue weighted by Crippen LogP contribution is 2.19. The summed E-state index contributed by atoms with van der Waals surface area (Å²) in [7, 11) is -3.84. The molecule has 0 spiro atoms. The Hall–Kier alpha value is -0.500. The van der Waals surface area contributed by atoms with Crippen molar-refractivity contribution in [2.24, 2.45) is 5.73 Å². The second kappa shape index (κ2) is 5.22. The lowest BCUT2D eigenvalue weighted by Crippen LogP contribution is -2.38. The van der Waals surface area contributed by atoms with E-state index in [2.05, 4.69) is 20.7 Å². The number of rotatable bonds is 4.